The van der Waals surface area contributed by atoms with Crippen molar-refractivity contribution >= 4 is 0 Å². The molecule has 1 aliphatic heterocycles. The second kappa shape index (κ2) is 5.97. The first kappa shape index (κ1) is 13.9. The molecule has 0 radical (unpaired) electrons. The van der Waals surface area contributed by atoms with Crippen LogP contribution in [0, 0.1) is 5.92 Å². The lowest BCUT2D eigenvalue weighted by molar-refractivity contribution is 0.0581. The summed E-state index contributed by atoms with van der Waals surface area (Å²) in [4.78, 5) is 2.44. The van der Waals surface area contributed by atoms with Crippen LogP contribution in [0.2, 0.25) is 0 Å². The zero-order valence-electron chi connectivity index (χ0n) is 11.2. The number of halogens is 1. The molecule has 0 spiro atoms. The van der Waals surface area contributed by atoms with Crippen molar-refractivity contribution in [1.82, 2.24) is 10.2 Å². The van der Waals surface area contributed by atoms with Crippen LogP contribution >= 0.6 is 0 Å². The van der Waals surface area contributed by atoms with E-state index in [1.54, 1.807) is 0 Å². The smallest absolute Gasteiger partial charge is 0.0906 e. The van der Waals surface area contributed by atoms with Gasteiger partial charge in [-0.2, -0.15) is 0 Å². The fourth-order valence-corrected chi connectivity index (χ4v) is 2.46. The number of alkyl halides is 1. The van der Waals surface area contributed by atoms with Crippen molar-refractivity contribution in [3.63, 3.8) is 0 Å². The van der Waals surface area contributed by atoms with Crippen molar-refractivity contribution in [2.24, 2.45) is 5.92 Å². The highest BCUT2D eigenvalue weighted by atomic mass is 19.1. The molecule has 1 heterocycles. The summed E-state index contributed by atoms with van der Waals surface area (Å²) in [5.41, 5.74) is 0.169. The Morgan fingerprint density at radius 3 is 2.69 bits per heavy atom. The summed E-state index contributed by atoms with van der Waals surface area (Å²) in [6.07, 6.45) is 1.88. The Morgan fingerprint density at radius 2 is 2.12 bits per heavy atom. The summed E-state index contributed by atoms with van der Waals surface area (Å²) < 4.78 is 12.3. The van der Waals surface area contributed by atoms with Gasteiger partial charge in [0.2, 0.25) is 0 Å². The van der Waals surface area contributed by atoms with Gasteiger partial charge in [0.05, 0.1) is 6.67 Å². The Bertz CT molecular complexity index is 204. The van der Waals surface area contributed by atoms with Crippen LogP contribution in [0.5, 0.6) is 0 Å². The molecule has 0 bridgehead atoms. The number of nitrogens with zero attached hydrogens (tertiary/aromatic N) is 1. The Labute approximate surface area is 99.6 Å². The van der Waals surface area contributed by atoms with Crippen molar-refractivity contribution < 1.29 is 4.39 Å². The molecule has 1 unspecified atom stereocenters. The van der Waals surface area contributed by atoms with Crippen molar-refractivity contribution in [1.29, 1.82) is 0 Å². The summed E-state index contributed by atoms with van der Waals surface area (Å²) in [7, 11) is 0. The van der Waals surface area contributed by atoms with Crippen LogP contribution in [0.4, 0.5) is 4.39 Å². The highest BCUT2D eigenvalue weighted by Crippen LogP contribution is 2.21. The van der Waals surface area contributed by atoms with E-state index in [-0.39, 0.29) is 12.2 Å². The third-order valence-electron chi connectivity index (χ3n) is 3.44. The largest absolute Gasteiger partial charge is 0.311 e. The fourth-order valence-electron chi connectivity index (χ4n) is 2.46. The predicted octanol–water partition coefficient (Wildman–Crippen LogP) is 2.44. The second-order valence-electron chi connectivity index (χ2n) is 6.01. The normalized spacial score (nSPS) is 26.2. The van der Waals surface area contributed by atoms with Crippen LogP contribution < -0.4 is 5.32 Å². The van der Waals surface area contributed by atoms with Crippen LogP contribution in [-0.2, 0) is 0 Å². The molecule has 0 aromatic carbocycles. The quantitative estimate of drug-likeness (QED) is 0.780. The van der Waals surface area contributed by atoms with Crippen molar-refractivity contribution in [2.45, 2.75) is 52.1 Å². The Balaban J connectivity index is 2.48. The molecule has 3 heteroatoms. The second-order valence-corrected chi connectivity index (χ2v) is 6.01. The monoisotopic (exact) mass is 230 g/mol. The van der Waals surface area contributed by atoms with E-state index in [1.807, 2.05) is 0 Å². The van der Waals surface area contributed by atoms with Crippen molar-refractivity contribution in [2.75, 3.05) is 26.3 Å². The molecular formula is C13H27FN2. The minimum Gasteiger partial charge on any atom is -0.311 e. The van der Waals surface area contributed by atoms with Gasteiger partial charge in [-0.25, -0.2) is 0 Å². The maximum atomic E-state index is 12.3. The Kier molecular flexibility index (Phi) is 5.19. The molecule has 1 fully saturated rings. The van der Waals surface area contributed by atoms with E-state index in [4.69, 9.17) is 0 Å². The molecule has 1 aliphatic rings. The van der Waals surface area contributed by atoms with E-state index >= 15 is 0 Å². The number of hydrogen-bond donors (Lipinski definition) is 1. The minimum absolute atomic E-state index is 0.169. The molecule has 0 amide bonds. The van der Waals surface area contributed by atoms with Crippen LogP contribution in [0.3, 0.4) is 0 Å². The van der Waals surface area contributed by atoms with Gasteiger partial charge in [-0.05, 0) is 32.6 Å². The molecule has 2 nitrogen and oxygen atoms in total. The molecule has 16 heavy (non-hydrogen) atoms. The zero-order chi connectivity index (χ0) is 12.2. The first-order chi connectivity index (χ1) is 7.45. The number of piperazine rings is 1. The van der Waals surface area contributed by atoms with Crippen LogP contribution in [-0.4, -0.2) is 42.8 Å². The molecular weight excluding hydrogens is 203 g/mol. The van der Waals surface area contributed by atoms with Gasteiger partial charge in [0, 0.05) is 31.2 Å². The van der Waals surface area contributed by atoms with Gasteiger partial charge in [0.15, 0.2) is 0 Å². The van der Waals surface area contributed by atoms with Gasteiger partial charge in [-0.3, -0.25) is 9.29 Å². The average Bonchev–Trinajstić information content (AvgIpc) is 2.18. The lowest BCUT2D eigenvalue weighted by Gasteiger charge is -2.46. The average molecular weight is 230 g/mol. The fraction of sp³-hybridized carbons (Fsp3) is 1.00. The third kappa shape index (κ3) is 4.02. The van der Waals surface area contributed by atoms with E-state index in [1.165, 1.54) is 6.42 Å². The summed E-state index contributed by atoms with van der Waals surface area (Å²) in [5, 5.41) is 3.61. The molecule has 0 aliphatic carbocycles. The summed E-state index contributed by atoms with van der Waals surface area (Å²) in [6.45, 7) is 11.8. The zero-order valence-corrected chi connectivity index (χ0v) is 11.2. The topological polar surface area (TPSA) is 15.3 Å². The number of rotatable bonds is 5. The van der Waals surface area contributed by atoms with E-state index in [9.17, 15) is 4.39 Å². The maximum Gasteiger partial charge on any atom is 0.0906 e. The minimum atomic E-state index is -0.200. The highest BCUT2D eigenvalue weighted by Gasteiger charge is 2.33. The highest BCUT2D eigenvalue weighted by molar-refractivity contribution is 4.92. The number of hydrogen-bond acceptors (Lipinski definition) is 2. The lowest BCUT2D eigenvalue weighted by atomic mass is 9.93. The third-order valence-corrected chi connectivity index (χ3v) is 3.44. The molecule has 1 atom stereocenters. The van der Waals surface area contributed by atoms with Crippen LogP contribution in [0.25, 0.3) is 0 Å². The summed E-state index contributed by atoms with van der Waals surface area (Å²) in [5.74, 6) is 0.724. The number of nitrogens with one attached hydrogen (secondary N) is 1. The molecule has 96 valence electrons. The van der Waals surface area contributed by atoms with Crippen LogP contribution in [0.15, 0.2) is 0 Å². The van der Waals surface area contributed by atoms with Gasteiger partial charge in [0.25, 0.3) is 0 Å². The molecule has 1 rings (SSSR count). The molecule has 1 N–H and O–H groups in total. The van der Waals surface area contributed by atoms with Gasteiger partial charge >= 0.3 is 0 Å². The van der Waals surface area contributed by atoms with Gasteiger partial charge < -0.3 is 5.32 Å². The van der Waals surface area contributed by atoms with E-state index < -0.39 is 0 Å². The van der Waals surface area contributed by atoms with Gasteiger partial charge in [0.1, 0.15) is 0 Å². The molecule has 0 aromatic rings. The van der Waals surface area contributed by atoms with E-state index in [0.29, 0.717) is 12.5 Å². The molecule has 0 saturated carbocycles. The van der Waals surface area contributed by atoms with Crippen LogP contribution in [0.1, 0.15) is 40.5 Å². The SMILES string of the molecule is CC(C)CC1CN(CCCF)C(C)(C)CN1. The molecule has 1 saturated heterocycles. The standard InChI is InChI=1S/C13H27FN2/c1-11(2)8-12-9-16(7-5-6-14)13(3,4)10-15-12/h11-12,15H,5-10H2,1-4H3. The first-order valence-electron chi connectivity index (χ1n) is 6.50. The van der Waals surface area contributed by atoms with Crippen molar-refractivity contribution in [3.05, 3.63) is 0 Å². The van der Waals surface area contributed by atoms with Gasteiger partial charge in [-0.1, -0.05) is 13.8 Å². The summed E-state index contributed by atoms with van der Waals surface area (Å²) in [6, 6.07) is 0.577. The van der Waals surface area contributed by atoms with Crippen molar-refractivity contribution in [3.8, 4) is 0 Å². The maximum absolute atomic E-state index is 12.3. The van der Waals surface area contributed by atoms with E-state index in [0.717, 1.165) is 25.6 Å². The van der Waals surface area contributed by atoms with E-state index in [2.05, 4.69) is 37.9 Å². The Morgan fingerprint density at radius 1 is 1.44 bits per heavy atom. The summed E-state index contributed by atoms with van der Waals surface area (Å²) >= 11 is 0. The predicted molar refractivity (Wildman–Crippen MR) is 67.5 cm³/mol. The molecule has 0 aromatic heterocycles. The lowest BCUT2D eigenvalue weighted by Crippen LogP contribution is -2.62. The Hall–Kier alpha value is -0.150. The van der Waals surface area contributed by atoms with Gasteiger partial charge in [-0.15, -0.1) is 0 Å². The first-order valence-corrected chi connectivity index (χ1v) is 6.50.